The van der Waals surface area contributed by atoms with Gasteiger partial charge in [0.1, 0.15) is 5.69 Å². The summed E-state index contributed by atoms with van der Waals surface area (Å²) < 4.78 is 0. The normalized spacial score (nSPS) is 11.1. The fraction of sp³-hybridized carbons (Fsp3) is 0.250. The van der Waals surface area contributed by atoms with E-state index in [2.05, 4.69) is 5.32 Å². The molecule has 0 unspecified atom stereocenters. The van der Waals surface area contributed by atoms with E-state index in [4.69, 9.17) is 0 Å². The Morgan fingerprint density at radius 3 is 2.04 bits per heavy atom. The molecular formula is C16H17N3O4. The predicted molar refractivity (Wildman–Crippen MR) is 88.2 cm³/mol. The van der Waals surface area contributed by atoms with E-state index in [1.54, 1.807) is 24.3 Å². The van der Waals surface area contributed by atoms with Gasteiger partial charge in [0.25, 0.3) is 11.4 Å². The third kappa shape index (κ3) is 3.63. The SMILES string of the molecule is CC(C)(C)c1cc([N+](=O)[O-])cc([N+](=O)[O-])c1Nc1ccccc1. The van der Waals surface area contributed by atoms with E-state index in [1.165, 1.54) is 6.07 Å². The highest BCUT2D eigenvalue weighted by Crippen LogP contribution is 2.41. The molecule has 0 saturated heterocycles. The van der Waals surface area contributed by atoms with Gasteiger partial charge >= 0.3 is 0 Å². The number of anilines is 2. The summed E-state index contributed by atoms with van der Waals surface area (Å²) in [5.74, 6) is 0. The molecule has 0 aliphatic carbocycles. The fourth-order valence-electron chi connectivity index (χ4n) is 2.25. The van der Waals surface area contributed by atoms with Gasteiger partial charge in [-0.1, -0.05) is 39.0 Å². The number of nitrogens with one attached hydrogen (secondary N) is 1. The maximum Gasteiger partial charge on any atom is 0.299 e. The fourth-order valence-corrected chi connectivity index (χ4v) is 2.25. The molecule has 7 nitrogen and oxygen atoms in total. The first-order chi connectivity index (χ1) is 10.7. The Morgan fingerprint density at radius 2 is 1.57 bits per heavy atom. The molecule has 0 spiro atoms. The van der Waals surface area contributed by atoms with Gasteiger partial charge in [0.15, 0.2) is 0 Å². The topological polar surface area (TPSA) is 98.3 Å². The predicted octanol–water partition coefficient (Wildman–Crippen LogP) is 4.54. The molecule has 7 heteroatoms. The molecule has 0 aliphatic rings. The number of nitro groups is 2. The van der Waals surface area contributed by atoms with Gasteiger partial charge < -0.3 is 5.32 Å². The highest BCUT2D eigenvalue weighted by atomic mass is 16.6. The first-order valence-electron chi connectivity index (χ1n) is 6.99. The van der Waals surface area contributed by atoms with Crippen molar-refractivity contribution in [3.05, 3.63) is 68.3 Å². The number of non-ortho nitro benzene ring substituents is 1. The van der Waals surface area contributed by atoms with E-state index < -0.39 is 15.3 Å². The van der Waals surface area contributed by atoms with E-state index in [0.717, 1.165) is 6.07 Å². The van der Waals surface area contributed by atoms with E-state index in [9.17, 15) is 20.2 Å². The van der Waals surface area contributed by atoms with Crippen LogP contribution in [0.4, 0.5) is 22.7 Å². The zero-order chi connectivity index (χ0) is 17.2. The summed E-state index contributed by atoms with van der Waals surface area (Å²) >= 11 is 0. The van der Waals surface area contributed by atoms with Crippen molar-refractivity contribution in [1.82, 2.24) is 0 Å². The molecule has 0 heterocycles. The Morgan fingerprint density at radius 1 is 0.957 bits per heavy atom. The first kappa shape index (κ1) is 16.4. The number of hydrogen-bond donors (Lipinski definition) is 1. The van der Waals surface area contributed by atoms with Gasteiger partial charge in [-0.15, -0.1) is 0 Å². The van der Waals surface area contributed by atoms with Crippen LogP contribution in [0.5, 0.6) is 0 Å². The van der Waals surface area contributed by atoms with Crippen molar-refractivity contribution < 1.29 is 9.85 Å². The van der Waals surface area contributed by atoms with Crippen LogP contribution in [0.3, 0.4) is 0 Å². The van der Waals surface area contributed by atoms with Crippen LogP contribution < -0.4 is 5.32 Å². The Kier molecular flexibility index (Phi) is 4.31. The molecule has 0 radical (unpaired) electrons. The van der Waals surface area contributed by atoms with Crippen molar-refractivity contribution in [3.63, 3.8) is 0 Å². The molecule has 0 saturated carbocycles. The Bertz CT molecular complexity index is 752. The van der Waals surface area contributed by atoms with Crippen molar-refractivity contribution >= 4 is 22.7 Å². The van der Waals surface area contributed by atoms with Gasteiger partial charge in [-0.25, -0.2) is 0 Å². The number of rotatable bonds is 4. The van der Waals surface area contributed by atoms with Gasteiger partial charge in [0.05, 0.1) is 15.9 Å². The van der Waals surface area contributed by atoms with Crippen molar-refractivity contribution in [2.24, 2.45) is 0 Å². The summed E-state index contributed by atoms with van der Waals surface area (Å²) in [4.78, 5) is 21.3. The molecule has 0 atom stereocenters. The molecule has 2 rings (SSSR count). The molecule has 1 N–H and O–H groups in total. The van der Waals surface area contributed by atoms with Crippen LogP contribution in [0, 0.1) is 20.2 Å². The van der Waals surface area contributed by atoms with Gasteiger partial charge in [-0.2, -0.15) is 0 Å². The smallest absolute Gasteiger partial charge is 0.299 e. The Hall–Kier alpha value is -2.96. The minimum absolute atomic E-state index is 0.277. The second-order valence-electron chi connectivity index (χ2n) is 6.14. The summed E-state index contributed by atoms with van der Waals surface area (Å²) in [6.45, 7) is 5.56. The monoisotopic (exact) mass is 315 g/mol. The third-order valence-corrected chi connectivity index (χ3v) is 3.36. The Balaban J connectivity index is 2.70. The van der Waals surface area contributed by atoms with Gasteiger partial charge in [-0.3, -0.25) is 20.2 Å². The van der Waals surface area contributed by atoms with Crippen molar-refractivity contribution in [2.75, 3.05) is 5.32 Å². The summed E-state index contributed by atoms with van der Waals surface area (Å²) in [5, 5.41) is 25.5. The molecule has 23 heavy (non-hydrogen) atoms. The minimum Gasteiger partial charge on any atom is -0.350 e. The van der Waals surface area contributed by atoms with Crippen molar-refractivity contribution in [3.8, 4) is 0 Å². The minimum atomic E-state index is -0.617. The van der Waals surface area contributed by atoms with E-state index >= 15 is 0 Å². The lowest BCUT2D eigenvalue weighted by molar-refractivity contribution is -0.393. The summed E-state index contributed by atoms with van der Waals surface area (Å²) in [6.07, 6.45) is 0. The van der Waals surface area contributed by atoms with E-state index in [-0.39, 0.29) is 17.1 Å². The van der Waals surface area contributed by atoms with Crippen LogP contribution in [-0.4, -0.2) is 9.85 Å². The average molecular weight is 315 g/mol. The molecular weight excluding hydrogens is 298 g/mol. The van der Waals surface area contributed by atoms with Crippen LogP contribution in [0.1, 0.15) is 26.3 Å². The van der Waals surface area contributed by atoms with E-state index in [0.29, 0.717) is 11.3 Å². The molecule has 2 aromatic carbocycles. The number of benzene rings is 2. The zero-order valence-corrected chi connectivity index (χ0v) is 13.1. The zero-order valence-electron chi connectivity index (χ0n) is 13.1. The molecule has 120 valence electrons. The largest absolute Gasteiger partial charge is 0.350 e. The standard InChI is InChI=1S/C16H17N3O4/c1-16(2,3)13-9-12(18(20)21)10-14(19(22)23)15(13)17-11-7-5-4-6-8-11/h4-10,17H,1-3H3. The van der Waals surface area contributed by atoms with E-state index in [1.807, 2.05) is 26.8 Å². The average Bonchev–Trinajstić information content (AvgIpc) is 2.46. The number of hydrogen-bond acceptors (Lipinski definition) is 5. The molecule has 0 amide bonds. The van der Waals surface area contributed by atoms with Crippen LogP contribution in [0.15, 0.2) is 42.5 Å². The summed E-state index contributed by atoms with van der Waals surface area (Å²) in [6, 6.07) is 11.4. The highest BCUT2D eigenvalue weighted by molar-refractivity contribution is 5.76. The lowest BCUT2D eigenvalue weighted by atomic mass is 9.84. The quantitative estimate of drug-likeness (QED) is 0.659. The second kappa shape index (κ2) is 6.04. The third-order valence-electron chi connectivity index (χ3n) is 3.36. The number of nitro benzene ring substituents is 2. The first-order valence-corrected chi connectivity index (χ1v) is 6.99. The van der Waals surface area contributed by atoms with Crippen molar-refractivity contribution in [2.45, 2.75) is 26.2 Å². The van der Waals surface area contributed by atoms with Crippen LogP contribution in [-0.2, 0) is 5.41 Å². The number of nitrogens with zero attached hydrogens (tertiary/aromatic N) is 2. The lowest BCUT2D eigenvalue weighted by Crippen LogP contribution is -2.15. The highest BCUT2D eigenvalue weighted by Gasteiger charge is 2.29. The maximum atomic E-state index is 11.4. The van der Waals surface area contributed by atoms with Crippen LogP contribution in [0.25, 0.3) is 0 Å². The van der Waals surface area contributed by atoms with Crippen molar-refractivity contribution in [1.29, 1.82) is 0 Å². The summed E-state index contributed by atoms with van der Waals surface area (Å²) in [5.41, 5.74) is 0.359. The molecule has 2 aromatic rings. The molecule has 0 bridgehead atoms. The maximum absolute atomic E-state index is 11.4. The van der Waals surface area contributed by atoms with Crippen LogP contribution >= 0.6 is 0 Å². The lowest BCUT2D eigenvalue weighted by Gasteiger charge is -2.23. The molecule has 0 aliphatic heterocycles. The van der Waals surface area contributed by atoms with Gasteiger partial charge in [-0.05, 0) is 23.1 Å². The number of para-hydroxylation sites is 1. The molecule has 0 fully saturated rings. The van der Waals surface area contributed by atoms with Crippen LogP contribution in [0.2, 0.25) is 0 Å². The summed E-state index contributed by atoms with van der Waals surface area (Å²) in [7, 11) is 0. The van der Waals surface area contributed by atoms with Gasteiger partial charge in [0, 0.05) is 11.8 Å². The second-order valence-corrected chi connectivity index (χ2v) is 6.14. The van der Waals surface area contributed by atoms with Gasteiger partial charge in [0.2, 0.25) is 0 Å². The molecule has 0 aromatic heterocycles. The Labute approximate surface area is 133 Å².